The molecule has 2 unspecified atom stereocenters. The molecule has 1 amide bonds. The number of hydrogen-bond acceptors (Lipinski definition) is 2. The van der Waals surface area contributed by atoms with Crippen molar-refractivity contribution in [2.24, 2.45) is 5.92 Å². The summed E-state index contributed by atoms with van der Waals surface area (Å²) in [5.74, 6) is 1.09. The van der Waals surface area contributed by atoms with Crippen LogP contribution in [0.25, 0.3) is 0 Å². The molecule has 1 N–H and O–H groups in total. The predicted molar refractivity (Wildman–Crippen MR) is 84.8 cm³/mol. The topological polar surface area (TPSA) is 32.3 Å². The SMILES string of the molecule is CCc1ccc(C2NC(C)C(=O)N2CCC2CCC2)cc1. The van der Waals surface area contributed by atoms with E-state index in [1.807, 2.05) is 11.8 Å². The zero-order chi connectivity index (χ0) is 14.8. The Morgan fingerprint density at radius 3 is 2.52 bits per heavy atom. The zero-order valence-electron chi connectivity index (χ0n) is 13.1. The van der Waals surface area contributed by atoms with Gasteiger partial charge in [-0.3, -0.25) is 10.1 Å². The van der Waals surface area contributed by atoms with Gasteiger partial charge in [-0.25, -0.2) is 0 Å². The molecule has 0 radical (unpaired) electrons. The van der Waals surface area contributed by atoms with Crippen LogP contribution in [0.4, 0.5) is 0 Å². The first-order valence-corrected chi connectivity index (χ1v) is 8.34. The first-order chi connectivity index (χ1) is 10.2. The highest BCUT2D eigenvalue weighted by Crippen LogP contribution is 2.32. The van der Waals surface area contributed by atoms with Gasteiger partial charge in [0.05, 0.1) is 6.04 Å². The smallest absolute Gasteiger partial charge is 0.241 e. The van der Waals surface area contributed by atoms with E-state index in [0.29, 0.717) is 0 Å². The molecule has 1 aliphatic carbocycles. The van der Waals surface area contributed by atoms with E-state index < -0.39 is 0 Å². The number of benzene rings is 1. The van der Waals surface area contributed by atoms with E-state index in [9.17, 15) is 4.79 Å². The van der Waals surface area contributed by atoms with E-state index in [1.54, 1.807) is 0 Å². The summed E-state index contributed by atoms with van der Waals surface area (Å²) in [5.41, 5.74) is 2.55. The van der Waals surface area contributed by atoms with Gasteiger partial charge in [0, 0.05) is 6.54 Å². The summed E-state index contributed by atoms with van der Waals surface area (Å²) in [4.78, 5) is 14.4. The normalized spacial score (nSPS) is 26.2. The van der Waals surface area contributed by atoms with Crippen molar-refractivity contribution in [1.29, 1.82) is 0 Å². The monoisotopic (exact) mass is 286 g/mol. The Labute approximate surface area is 127 Å². The minimum absolute atomic E-state index is 0.0542. The molecule has 0 aromatic heterocycles. The van der Waals surface area contributed by atoms with E-state index in [-0.39, 0.29) is 18.1 Å². The Kier molecular flexibility index (Phi) is 4.29. The first kappa shape index (κ1) is 14.6. The number of nitrogens with zero attached hydrogens (tertiary/aromatic N) is 1. The standard InChI is InChI=1S/C18H26N2O/c1-3-14-7-9-16(10-8-14)17-19-13(2)18(21)20(17)12-11-15-5-4-6-15/h7-10,13,15,17,19H,3-6,11-12H2,1-2H3. The lowest BCUT2D eigenvalue weighted by Crippen LogP contribution is -2.33. The summed E-state index contributed by atoms with van der Waals surface area (Å²) in [6, 6.07) is 8.61. The van der Waals surface area contributed by atoms with E-state index in [2.05, 4.69) is 36.5 Å². The van der Waals surface area contributed by atoms with Gasteiger partial charge in [-0.2, -0.15) is 0 Å². The van der Waals surface area contributed by atoms with Gasteiger partial charge in [0.1, 0.15) is 6.17 Å². The minimum atomic E-state index is -0.0674. The second-order valence-corrected chi connectivity index (χ2v) is 6.50. The van der Waals surface area contributed by atoms with Gasteiger partial charge in [0.2, 0.25) is 5.91 Å². The Morgan fingerprint density at radius 2 is 1.95 bits per heavy atom. The Bertz CT molecular complexity index is 492. The van der Waals surface area contributed by atoms with Crippen molar-refractivity contribution in [3.05, 3.63) is 35.4 Å². The lowest BCUT2D eigenvalue weighted by Gasteiger charge is -2.30. The Hall–Kier alpha value is -1.35. The lowest BCUT2D eigenvalue weighted by atomic mass is 9.83. The first-order valence-electron chi connectivity index (χ1n) is 8.34. The van der Waals surface area contributed by atoms with Crippen molar-refractivity contribution in [2.45, 2.75) is 58.2 Å². The van der Waals surface area contributed by atoms with Crippen LogP contribution in [0, 0.1) is 5.92 Å². The minimum Gasteiger partial charge on any atom is -0.322 e. The van der Waals surface area contributed by atoms with Crippen LogP contribution < -0.4 is 5.32 Å². The van der Waals surface area contributed by atoms with Crippen molar-refractivity contribution in [2.75, 3.05) is 6.54 Å². The summed E-state index contributed by atoms with van der Waals surface area (Å²) in [6.45, 7) is 5.03. The zero-order valence-corrected chi connectivity index (χ0v) is 13.1. The van der Waals surface area contributed by atoms with Crippen LogP contribution in [0.5, 0.6) is 0 Å². The number of amides is 1. The van der Waals surface area contributed by atoms with Crippen LogP contribution >= 0.6 is 0 Å². The van der Waals surface area contributed by atoms with Gasteiger partial charge in [0.15, 0.2) is 0 Å². The fourth-order valence-electron chi connectivity index (χ4n) is 3.33. The third kappa shape index (κ3) is 2.98. The van der Waals surface area contributed by atoms with Crippen LogP contribution in [-0.4, -0.2) is 23.4 Å². The van der Waals surface area contributed by atoms with Crippen LogP contribution in [0.3, 0.4) is 0 Å². The molecule has 2 atom stereocenters. The van der Waals surface area contributed by atoms with Crippen LogP contribution in [0.15, 0.2) is 24.3 Å². The molecule has 0 spiro atoms. The molecule has 0 bridgehead atoms. The van der Waals surface area contributed by atoms with Crippen LogP contribution in [0.1, 0.15) is 56.8 Å². The molecule has 1 aliphatic heterocycles. The third-order valence-corrected chi connectivity index (χ3v) is 5.08. The van der Waals surface area contributed by atoms with Crippen molar-refractivity contribution < 1.29 is 4.79 Å². The molecule has 1 saturated carbocycles. The lowest BCUT2D eigenvalue weighted by molar-refractivity contribution is -0.130. The molecule has 3 nitrogen and oxygen atoms in total. The average Bonchev–Trinajstić information content (AvgIpc) is 2.74. The molecular weight excluding hydrogens is 260 g/mol. The maximum atomic E-state index is 12.4. The number of carbonyl (C=O) groups is 1. The summed E-state index contributed by atoms with van der Waals surface area (Å²) in [6.07, 6.45) is 6.33. The van der Waals surface area contributed by atoms with E-state index in [1.165, 1.54) is 30.4 Å². The maximum absolute atomic E-state index is 12.4. The number of carbonyl (C=O) groups excluding carboxylic acids is 1. The van der Waals surface area contributed by atoms with Crippen molar-refractivity contribution in [3.8, 4) is 0 Å². The fourth-order valence-corrected chi connectivity index (χ4v) is 3.33. The molecule has 3 heteroatoms. The van der Waals surface area contributed by atoms with Crippen molar-refractivity contribution in [3.63, 3.8) is 0 Å². The number of nitrogens with one attached hydrogen (secondary N) is 1. The van der Waals surface area contributed by atoms with Crippen LogP contribution in [0.2, 0.25) is 0 Å². The van der Waals surface area contributed by atoms with E-state index in [4.69, 9.17) is 0 Å². The predicted octanol–water partition coefficient (Wildman–Crippen LogP) is 3.26. The van der Waals surface area contributed by atoms with Gasteiger partial charge in [0.25, 0.3) is 0 Å². The maximum Gasteiger partial charge on any atom is 0.241 e. The molecule has 1 saturated heterocycles. The Balaban J connectivity index is 1.71. The molecule has 114 valence electrons. The summed E-state index contributed by atoms with van der Waals surface area (Å²) in [7, 11) is 0. The average molecular weight is 286 g/mol. The highest BCUT2D eigenvalue weighted by atomic mass is 16.2. The molecule has 2 fully saturated rings. The van der Waals surface area contributed by atoms with Gasteiger partial charge >= 0.3 is 0 Å². The summed E-state index contributed by atoms with van der Waals surface area (Å²) < 4.78 is 0. The molecule has 1 aromatic rings. The van der Waals surface area contributed by atoms with E-state index in [0.717, 1.165) is 25.3 Å². The summed E-state index contributed by atoms with van der Waals surface area (Å²) >= 11 is 0. The van der Waals surface area contributed by atoms with Crippen molar-refractivity contribution in [1.82, 2.24) is 10.2 Å². The highest BCUT2D eigenvalue weighted by Gasteiger charge is 2.37. The quantitative estimate of drug-likeness (QED) is 0.901. The molecular formula is C18H26N2O. The van der Waals surface area contributed by atoms with Gasteiger partial charge < -0.3 is 4.90 Å². The number of rotatable bonds is 5. The number of hydrogen-bond donors (Lipinski definition) is 1. The largest absolute Gasteiger partial charge is 0.322 e. The van der Waals surface area contributed by atoms with Gasteiger partial charge in [-0.05, 0) is 36.8 Å². The molecule has 2 aliphatic rings. The molecule has 1 aromatic carbocycles. The second-order valence-electron chi connectivity index (χ2n) is 6.50. The molecule has 3 rings (SSSR count). The fraction of sp³-hybridized carbons (Fsp3) is 0.611. The van der Waals surface area contributed by atoms with Crippen molar-refractivity contribution >= 4 is 5.91 Å². The van der Waals surface area contributed by atoms with E-state index >= 15 is 0 Å². The molecule has 1 heterocycles. The summed E-state index contributed by atoms with van der Waals surface area (Å²) in [5, 5.41) is 3.44. The van der Waals surface area contributed by atoms with Gasteiger partial charge in [-0.15, -0.1) is 0 Å². The third-order valence-electron chi connectivity index (χ3n) is 5.08. The Morgan fingerprint density at radius 1 is 1.24 bits per heavy atom. The van der Waals surface area contributed by atoms with Gasteiger partial charge in [-0.1, -0.05) is 50.5 Å². The van der Waals surface area contributed by atoms with Crippen LogP contribution in [-0.2, 0) is 11.2 Å². The second kappa shape index (κ2) is 6.18. The molecule has 21 heavy (non-hydrogen) atoms. The highest BCUT2D eigenvalue weighted by molar-refractivity contribution is 5.84. The number of aryl methyl sites for hydroxylation is 1.